The predicted molar refractivity (Wildman–Crippen MR) is 177 cm³/mol. The second kappa shape index (κ2) is 16.1. The maximum atomic E-state index is 12.7. The fourth-order valence-corrected chi connectivity index (χ4v) is 4.68. The third-order valence-electron chi connectivity index (χ3n) is 7.16. The molecule has 0 saturated heterocycles. The molecule has 0 aliphatic carbocycles. The zero-order valence-corrected chi connectivity index (χ0v) is 25.3. The largest absolute Gasteiger partial charge is 0.494 e. The first-order valence-electron chi connectivity index (χ1n) is 14.9. The van der Waals surface area contributed by atoms with Crippen molar-refractivity contribution in [3.8, 4) is 5.75 Å². The van der Waals surface area contributed by atoms with Crippen molar-refractivity contribution >= 4 is 35.4 Å². The summed E-state index contributed by atoms with van der Waals surface area (Å²) in [6.07, 6.45) is 6.12. The Hall–Kier alpha value is -4.64. The maximum absolute atomic E-state index is 12.7. The number of Topliss-reactive ketones (excluding diaryl/α,β-unsaturated/α-hetero) is 2. The highest BCUT2D eigenvalue weighted by Crippen LogP contribution is 2.19. The lowest BCUT2D eigenvalue weighted by molar-refractivity contribution is -0.121. The van der Waals surface area contributed by atoms with Gasteiger partial charge in [-0.1, -0.05) is 73.2 Å². The van der Waals surface area contributed by atoms with Gasteiger partial charge in [0.05, 0.1) is 18.0 Å². The first kappa shape index (κ1) is 31.3. The Kier molecular flexibility index (Phi) is 11.7. The molecule has 0 heterocycles. The molecule has 4 aromatic carbocycles. The number of ether oxygens (including phenoxy) is 1. The molecule has 0 aromatic heterocycles. The van der Waals surface area contributed by atoms with Crippen LogP contribution in [0.1, 0.15) is 60.9 Å². The molecule has 0 aliphatic rings. The fraction of sp³-hybridized carbons (Fsp3) is 0.263. The van der Waals surface area contributed by atoms with Crippen molar-refractivity contribution in [2.45, 2.75) is 52.9 Å². The summed E-state index contributed by atoms with van der Waals surface area (Å²) >= 11 is 0. The molecule has 0 unspecified atom stereocenters. The normalized spacial score (nSPS) is 12.1. The lowest BCUT2D eigenvalue weighted by Crippen LogP contribution is -2.11. The van der Waals surface area contributed by atoms with Crippen LogP contribution in [-0.4, -0.2) is 30.6 Å². The van der Waals surface area contributed by atoms with Gasteiger partial charge in [-0.25, -0.2) is 0 Å². The van der Waals surface area contributed by atoms with Crippen LogP contribution < -0.4 is 4.74 Å². The van der Waals surface area contributed by atoms with Crippen molar-refractivity contribution in [3.63, 3.8) is 0 Å². The monoisotopic (exact) mass is 572 g/mol. The van der Waals surface area contributed by atoms with Gasteiger partial charge in [-0.05, 0) is 84.8 Å². The molecule has 5 nitrogen and oxygen atoms in total. The lowest BCUT2D eigenvalue weighted by Gasteiger charge is -2.10. The van der Waals surface area contributed by atoms with Crippen LogP contribution in [0.25, 0.3) is 0 Å². The van der Waals surface area contributed by atoms with Gasteiger partial charge < -0.3 is 4.74 Å². The summed E-state index contributed by atoms with van der Waals surface area (Å²) in [7, 11) is 0. The van der Waals surface area contributed by atoms with Gasteiger partial charge in [0.25, 0.3) is 0 Å². The Morgan fingerprint density at radius 2 is 1.19 bits per heavy atom. The van der Waals surface area contributed by atoms with Gasteiger partial charge in [0.1, 0.15) is 17.3 Å². The average molecular weight is 573 g/mol. The number of nitrogens with zero attached hydrogens (tertiary/aromatic N) is 2. The summed E-state index contributed by atoms with van der Waals surface area (Å²) in [4.78, 5) is 34.3. The smallest absolute Gasteiger partial charge is 0.137 e. The molecule has 0 spiro atoms. The van der Waals surface area contributed by atoms with Crippen LogP contribution in [0.5, 0.6) is 5.75 Å². The zero-order chi connectivity index (χ0) is 30.4. The van der Waals surface area contributed by atoms with Gasteiger partial charge in [-0.2, -0.15) is 0 Å². The first-order chi connectivity index (χ1) is 20.9. The minimum atomic E-state index is 0.165. The van der Waals surface area contributed by atoms with E-state index < -0.39 is 0 Å². The number of benzene rings is 4. The minimum Gasteiger partial charge on any atom is -0.494 e. The number of hydrogen-bond donors (Lipinski definition) is 0. The van der Waals surface area contributed by atoms with Crippen LogP contribution in [0.2, 0.25) is 0 Å². The minimum absolute atomic E-state index is 0.165. The second-order valence-corrected chi connectivity index (χ2v) is 11.0. The van der Waals surface area contributed by atoms with Gasteiger partial charge in [-0.15, -0.1) is 0 Å². The third-order valence-corrected chi connectivity index (χ3v) is 7.16. The molecule has 0 fully saturated rings. The van der Waals surface area contributed by atoms with E-state index in [1.54, 1.807) is 0 Å². The van der Waals surface area contributed by atoms with E-state index in [1.807, 2.05) is 123 Å². The van der Waals surface area contributed by atoms with Crippen LogP contribution in [0.3, 0.4) is 0 Å². The number of ketones is 2. The number of aryl methyl sites for hydroxylation is 1. The second-order valence-electron chi connectivity index (χ2n) is 11.0. The highest BCUT2D eigenvalue weighted by atomic mass is 16.5. The van der Waals surface area contributed by atoms with Crippen molar-refractivity contribution in [1.29, 1.82) is 0 Å². The van der Waals surface area contributed by atoms with E-state index in [2.05, 4.69) is 16.9 Å². The van der Waals surface area contributed by atoms with Crippen LogP contribution >= 0.6 is 0 Å². The zero-order valence-electron chi connectivity index (χ0n) is 25.3. The van der Waals surface area contributed by atoms with E-state index in [1.165, 1.54) is 5.56 Å². The molecule has 4 rings (SSSR count). The number of carbonyl (C=O) groups excluding carboxylic acids is 2. The van der Waals surface area contributed by atoms with Crippen LogP contribution in [-0.2, 0) is 22.4 Å². The molecule has 220 valence electrons. The summed E-state index contributed by atoms with van der Waals surface area (Å²) in [5.41, 5.74) is 6.93. The molecule has 43 heavy (non-hydrogen) atoms. The highest BCUT2D eigenvalue weighted by molar-refractivity contribution is 5.85. The molecule has 0 amide bonds. The number of aliphatic imine (C=N–C) groups is 2. The van der Waals surface area contributed by atoms with Crippen molar-refractivity contribution in [2.75, 3.05) is 6.61 Å². The molecular weight excluding hydrogens is 532 g/mol. The molecule has 0 bridgehead atoms. The van der Waals surface area contributed by atoms with E-state index in [0.29, 0.717) is 38.7 Å². The average Bonchev–Trinajstić information content (AvgIpc) is 3.01. The number of carbonyl (C=O) groups is 2. The Morgan fingerprint density at radius 1 is 0.698 bits per heavy atom. The van der Waals surface area contributed by atoms with Crippen LogP contribution in [0.4, 0.5) is 11.4 Å². The van der Waals surface area contributed by atoms with Gasteiger partial charge in [-0.3, -0.25) is 19.6 Å². The van der Waals surface area contributed by atoms with Crippen LogP contribution in [0.15, 0.2) is 107 Å². The van der Waals surface area contributed by atoms with Gasteiger partial charge >= 0.3 is 0 Å². The molecular formula is C38H40N2O3. The van der Waals surface area contributed by atoms with E-state index in [4.69, 9.17) is 4.74 Å². The summed E-state index contributed by atoms with van der Waals surface area (Å²) in [6, 6.07) is 31.6. The van der Waals surface area contributed by atoms with E-state index in [9.17, 15) is 9.59 Å². The standard InChI is InChI=1S/C38H40N2O3/c1-4-43-38-21-18-35(19-22-38)40-27-32-12-8-30(9-13-32)24-36(41)20-7-29(3)23-37(42)25-31-10-14-33(15-11-31)26-39-34-16-5-28(2)6-17-34/h5-6,8-19,21-22,26-27,29H,4,7,20,23-25H2,1-3H3/t29-/m0/s1. The Labute approximate surface area is 255 Å². The molecule has 0 N–H and O–H groups in total. The van der Waals surface area contributed by atoms with Crippen molar-refractivity contribution in [3.05, 3.63) is 125 Å². The Balaban J connectivity index is 1.16. The molecule has 5 heteroatoms. The Bertz CT molecular complexity index is 1520. The SMILES string of the molecule is CCOc1ccc(N=Cc2ccc(CC(=O)CC[C@H](C)CC(=O)Cc3ccc(C=Nc4ccc(C)cc4)cc3)cc2)cc1. The third kappa shape index (κ3) is 10.9. The van der Waals surface area contributed by atoms with Crippen LogP contribution in [0, 0.1) is 12.8 Å². The van der Waals surface area contributed by atoms with Crippen molar-refractivity contribution in [1.82, 2.24) is 0 Å². The van der Waals surface area contributed by atoms with Gasteiger partial charge in [0.15, 0.2) is 0 Å². The fourth-order valence-electron chi connectivity index (χ4n) is 4.68. The first-order valence-corrected chi connectivity index (χ1v) is 14.9. The van der Waals surface area contributed by atoms with E-state index in [0.717, 1.165) is 39.4 Å². The molecule has 1 atom stereocenters. The van der Waals surface area contributed by atoms with Gasteiger partial charge in [0.2, 0.25) is 0 Å². The van der Waals surface area contributed by atoms with E-state index >= 15 is 0 Å². The molecule has 0 saturated carbocycles. The Morgan fingerprint density at radius 3 is 1.70 bits per heavy atom. The highest BCUT2D eigenvalue weighted by Gasteiger charge is 2.13. The number of hydrogen-bond acceptors (Lipinski definition) is 5. The summed E-state index contributed by atoms with van der Waals surface area (Å²) in [5.74, 6) is 1.39. The lowest BCUT2D eigenvalue weighted by atomic mass is 9.94. The summed E-state index contributed by atoms with van der Waals surface area (Å²) in [5, 5.41) is 0. The molecule has 0 radical (unpaired) electrons. The van der Waals surface area contributed by atoms with Gasteiger partial charge in [0, 0.05) is 38.1 Å². The molecule has 0 aliphatic heterocycles. The van der Waals surface area contributed by atoms with E-state index in [-0.39, 0.29) is 17.5 Å². The topological polar surface area (TPSA) is 68.1 Å². The van der Waals surface area contributed by atoms with Crippen molar-refractivity contribution < 1.29 is 14.3 Å². The summed E-state index contributed by atoms with van der Waals surface area (Å²) in [6.45, 7) is 6.70. The van der Waals surface area contributed by atoms with Crippen molar-refractivity contribution in [2.24, 2.45) is 15.9 Å². The quantitative estimate of drug-likeness (QED) is 0.134. The number of rotatable bonds is 15. The summed E-state index contributed by atoms with van der Waals surface area (Å²) < 4.78 is 5.46. The maximum Gasteiger partial charge on any atom is 0.137 e. The molecule has 4 aromatic rings. The predicted octanol–water partition coefficient (Wildman–Crippen LogP) is 8.62.